The van der Waals surface area contributed by atoms with E-state index in [0.717, 1.165) is 5.92 Å². The van der Waals surface area contributed by atoms with Crippen molar-refractivity contribution in [2.24, 2.45) is 11.7 Å². The Morgan fingerprint density at radius 1 is 1.38 bits per heavy atom. The van der Waals surface area contributed by atoms with Gasteiger partial charge in [-0.1, -0.05) is 13.0 Å². The van der Waals surface area contributed by atoms with Crippen LogP contribution in [0.25, 0.3) is 0 Å². The van der Waals surface area contributed by atoms with E-state index >= 15 is 0 Å². The summed E-state index contributed by atoms with van der Waals surface area (Å²) in [6.07, 6.45) is 1.30. The molecule has 2 rings (SSSR count). The van der Waals surface area contributed by atoms with Crippen LogP contribution in [-0.4, -0.2) is 12.6 Å². The predicted octanol–water partition coefficient (Wildman–Crippen LogP) is 2.69. The quantitative estimate of drug-likeness (QED) is 0.827. The van der Waals surface area contributed by atoms with Crippen molar-refractivity contribution in [3.63, 3.8) is 0 Å². The average molecular weight is 218 g/mol. The lowest BCUT2D eigenvalue weighted by atomic mass is 10.1. The van der Waals surface area contributed by atoms with Gasteiger partial charge in [-0.3, -0.25) is 0 Å². The van der Waals surface area contributed by atoms with Crippen LogP contribution >= 0.6 is 0 Å². The molecule has 88 valence electrons. The van der Waals surface area contributed by atoms with Crippen LogP contribution in [-0.2, 0) is 6.54 Å². The molecule has 1 heterocycles. The van der Waals surface area contributed by atoms with E-state index < -0.39 is 0 Å². The summed E-state index contributed by atoms with van der Waals surface area (Å²) in [4.78, 5) is 2.51. The highest BCUT2D eigenvalue weighted by atomic mass is 15.2. The Labute approximate surface area is 98.4 Å². The Morgan fingerprint density at radius 3 is 2.62 bits per heavy atom. The highest BCUT2D eigenvalue weighted by Crippen LogP contribution is 2.29. The third kappa shape index (κ3) is 2.07. The minimum Gasteiger partial charge on any atom is -0.369 e. The number of benzene rings is 1. The summed E-state index contributed by atoms with van der Waals surface area (Å²) in [5.74, 6) is 0.810. The Kier molecular flexibility index (Phi) is 3.20. The minimum atomic E-state index is 0.637. The van der Waals surface area contributed by atoms with Crippen molar-refractivity contribution in [2.75, 3.05) is 11.4 Å². The Hall–Kier alpha value is -1.02. The van der Waals surface area contributed by atoms with Gasteiger partial charge in [0, 0.05) is 24.8 Å². The Balaban J connectivity index is 2.24. The van der Waals surface area contributed by atoms with Crippen LogP contribution in [0.15, 0.2) is 18.2 Å². The van der Waals surface area contributed by atoms with E-state index in [9.17, 15) is 0 Å². The second kappa shape index (κ2) is 4.46. The topological polar surface area (TPSA) is 29.3 Å². The molecule has 0 aliphatic carbocycles. The predicted molar refractivity (Wildman–Crippen MR) is 69.7 cm³/mol. The van der Waals surface area contributed by atoms with E-state index in [1.807, 2.05) is 0 Å². The molecule has 0 amide bonds. The van der Waals surface area contributed by atoms with Gasteiger partial charge in [0.25, 0.3) is 0 Å². The summed E-state index contributed by atoms with van der Waals surface area (Å²) in [6.45, 7) is 8.61. The van der Waals surface area contributed by atoms with Crippen LogP contribution in [0.3, 0.4) is 0 Å². The number of rotatable bonds is 2. The third-order valence-electron chi connectivity index (χ3n) is 3.66. The van der Waals surface area contributed by atoms with E-state index in [2.05, 4.69) is 43.9 Å². The molecule has 1 aromatic carbocycles. The lowest BCUT2D eigenvalue weighted by Crippen LogP contribution is -2.26. The first-order valence-electron chi connectivity index (χ1n) is 6.18. The second-order valence-corrected chi connectivity index (χ2v) is 5.16. The number of anilines is 1. The van der Waals surface area contributed by atoms with Crippen molar-refractivity contribution < 1.29 is 0 Å². The number of nitrogens with zero attached hydrogens (tertiary/aromatic N) is 1. The maximum Gasteiger partial charge on any atom is 0.0371 e. The average Bonchev–Trinajstić information content (AvgIpc) is 2.58. The molecule has 0 saturated carbocycles. The fraction of sp³-hybridized carbons (Fsp3) is 0.571. The third-order valence-corrected chi connectivity index (χ3v) is 3.66. The molecule has 0 aromatic heterocycles. The molecular formula is C14H22N2. The number of nitrogens with two attached hydrogens (primary N) is 1. The monoisotopic (exact) mass is 218 g/mol. The first-order chi connectivity index (χ1) is 7.61. The van der Waals surface area contributed by atoms with E-state index in [1.54, 1.807) is 0 Å². The summed E-state index contributed by atoms with van der Waals surface area (Å²) in [5, 5.41) is 0. The first kappa shape index (κ1) is 11.5. The first-order valence-corrected chi connectivity index (χ1v) is 6.18. The standard InChI is InChI=1S/C14H22N2/c1-10-6-12(3)16(9-10)14-5-4-13(8-15)11(2)7-14/h4-5,7,10,12H,6,8-9,15H2,1-3H3. The van der Waals surface area contributed by atoms with E-state index in [1.165, 1.54) is 29.8 Å². The largest absolute Gasteiger partial charge is 0.369 e. The highest BCUT2D eigenvalue weighted by molar-refractivity contribution is 5.52. The van der Waals surface area contributed by atoms with Crippen LogP contribution in [0.2, 0.25) is 0 Å². The second-order valence-electron chi connectivity index (χ2n) is 5.16. The van der Waals surface area contributed by atoms with Crippen LogP contribution in [0, 0.1) is 12.8 Å². The fourth-order valence-corrected chi connectivity index (χ4v) is 2.75. The van der Waals surface area contributed by atoms with Gasteiger partial charge in [-0.25, -0.2) is 0 Å². The highest BCUT2D eigenvalue weighted by Gasteiger charge is 2.26. The smallest absolute Gasteiger partial charge is 0.0371 e. The van der Waals surface area contributed by atoms with Crippen molar-refractivity contribution in [3.05, 3.63) is 29.3 Å². The zero-order chi connectivity index (χ0) is 11.7. The van der Waals surface area contributed by atoms with Crippen molar-refractivity contribution >= 4 is 5.69 Å². The number of hydrogen-bond donors (Lipinski definition) is 1. The number of aryl methyl sites for hydroxylation is 1. The van der Waals surface area contributed by atoms with E-state index in [-0.39, 0.29) is 0 Å². The molecule has 2 nitrogen and oxygen atoms in total. The summed E-state index contributed by atoms with van der Waals surface area (Å²) in [5.41, 5.74) is 9.61. The SMILES string of the molecule is Cc1cc(N2CC(C)CC2C)ccc1CN. The van der Waals surface area contributed by atoms with Gasteiger partial charge in [-0.05, 0) is 49.4 Å². The van der Waals surface area contributed by atoms with Gasteiger partial charge in [-0.15, -0.1) is 0 Å². The van der Waals surface area contributed by atoms with Gasteiger partial charge in [0.2, 0.25) is 0 Å². The molecule has 16 heavy (non-hydrogen) atoms. The van der Waals surface area contributed by atoms with Gasteiger partial charge >= 0.3 is 0 Å². The Bertz CT molecular complexity index is 373. The maximum absolute atomic E-state index is 5.69. The molecular weight excluding hydrogens is 196 g/mol. The van der Waals surface area contributed by atoms with Crippen molar-refractivity contribution in [1.29, 1.82) is 0 Å². The van der Waals surface area contributed by atoms with Crippen LogP contribution in [0.1, 0.15) is 31.4 Å². The molecule has 0 spiro atoms. The minimum absolute atomic E-state index is 0.637. The molecule has 0 radical (unpaired) electrons. The molecule has 0 bridgehead atoms. The maximum atomic E-state index is 5.69. The van der Waals surface area contributed by atoms with Gasteiger partial charge in [0.15, 0.2) is 0 Å². The van der Waals surface area contributed by atoms with Gasteiger partial charge in [0.05, 0.1) is 0 Å². The zero-order valence-corrected chi connectivity index (χ0v) is 10.5. The van der Waals surface area contributed by atoms with Crippen molar-refractivity contribution in [1.82, 2.24) is 0 Å². The molecule has 1 fully saturated rings. The molecule has 1 aromatic rings. The fourth-order valence-electron chi connectivity index (χ4n) is 2.75. The molecule has 2 atom stereocenters. The summed E-state index contributed by atoms with van der Waals surface area (Å²) in [6, 6.07) is 7.32. The normalized spacial score (nSPS) is 25.1. The lowest BCUT2D eigenvalue weighted by molar-refractivity contribution is 0.625. The molecule has 1 aliphatic heterocycles. The summed E-state index contributed by atoms with van der Waals surface area (Å²) in [7, 11) is 0. The Morgan fingerprint density at radius 2 is 2.12 bits per heavy atom. The van der Waals surface area contributed by atoms with Crippen molar-refractivity contribution in [2.45, 2.75) is 39.8 Å². The van der Waals surface area contributed by atoms with Gasteiger partial charge in [0.1, 0.15) is 0 Å². The van der Waals surface area contributed by atoms with Crippen LogP contribution < -0.4 is 10.6 Å². The van der Waals surface area contributed by atoms with E-state index in [0.29, 0.717) is 12.6 Å². The lowest BCUT2D eigenvalue weighted by Gasteiger charge is -2.24. The van der Waals surface area contributed by atoms with Gasteiger partial charge < -0.3 is 10.6 Å². The van der Waals surface area contributed by atoms with Crippen LogP contribution in [0.5, 0.6) is 0 Å². The molecule has 1 aliphatic rings. The molecule has 2 heteroatoms. The zero-order valence-electron chi connectivity index (χ0n) is 10.5. The molecule has 2 unspecified atom stereocenters. The molecule has 1 saturated heterocycles. The van der Waals surface area contributed by atoms with E-state index in [4.69, 9.17) is 5.73 Å². The molecule has 2 N–H and O–H groups in total. The summed E-state index contributed by atoms with van der Waals surface area (Å²) >= 11 is 0. The van der Waals surface area contributed by atoms with Crippen LogP contribution in [0.4, 0.5) is 5.69 Å². The number of hydrogen-bond acceptors (Lipinski definition) is 2. The van der Waals surface area contributed by atoms with Gasteiger partial charge in [-0.2, -0.15) is 0 Å². The summed E-state index contributed by atoms with van der Waals surface area (Å²) < 4.78 is 0. The van der Waals surface area contributed by atoms with Crippen molar-refractivity contribution in [3.8, 4) is 0 Å².